The molecule has 0 aliphatic heterocycles. The van der Waals surface area contributed by atoms with Gasteiger partial charge in [0.15, 0.2) is 0 Å². The first-order valence-corrected chi connectivity index (χ1v) is 4.79. The van der Waals surface area contributed by atoms with E-state index in [9.17, 15) is 4.79 Å². The molecule has 0 amide bonds. The van der Waals surface area contributed by atoms with E-state index in [1.54, 1.807) is 6.92 Å². The Balaban J connectivity index is 2.18. The summed E-state index contributed by atoms with van der Waals surface area (Å²) in [5.74, 6) is 5.34. The van der Waals surface area contributed by atoms with Crippen LogP contribution >= 0.6 is 11.8 Å². The molecule has 0 aliphatic rings. The number of thioether (sulfide) groups is 1. The summed E-state index contributed by atoms with van der Waals surface area (Å²) in [7, 11) is 0. The van der Waals surface area contributed by atoms with Crippen LogP contribution in [0.4, 0.5) is 0 Å². The van der Waals surface area contributed by atoms with Crippen molar-refractivity contribution in [2.75, 3.05) is 5.75 Å². The van der Waals surface area contributed by atoms with Gasteiger partial charge in [0, 0.05) is 12.7 Å². The van der Waals surface area contributed by atoms with Gasteiger partial charge in [-0.25, -0.2) is 5.84 Å². The van der Waals surface area contributed by atoms with E-state index < -0.39 is 5.97 Å². The normalized spacial score (nSPS) is 10.1. The van der Waals surface area contributed by atoms with Crippen molar-refractivity contribution in [3.8, 4) is 0 Å². The Morgan fingerprint density at radius 3 is 3.07 bits per heavy atom. The third kappa shape index (κ3) is 3.73. The Hall–Kier alpha value is -1.12. The zero-order valence-corrected chi connectivity index (χ0v) is 8.34. The van der Waals surface area contributed by atoms with Gasteiger partial charge in [-0.15, -0.1) is 10.2 Å². The maximum absolute atomic E-state index is 10.8. The van der Waals surface area contributed by atoms with Crippen LogP contribution in [0.3, 0.4) is 0 Å². The second-order valence-electron chi connectivity index (χ2n) is 2.28. The monoisotopic (exact) mass is 218 g/mol. The summed E-state index contributed by atoms with van der Waals surface area (Å²) < 4.78 is 5.07. The summed E-state index contributed by atoms with van der Waals surface area (Å²) in [5.41, 5.74) is 1.81. The summed E-state index contributed by atoms with van der Waals surface area (Å²) in [5, 5.41) is 7.82. The number of hydrogen-bond acceptors (Lipinski definition) is 8. The summed E-state index contributed by atoms with van der Waals surface area (Å²) in [6, 6.07) is 0. The highest BCUT2D eigenvalue weighted by Crippen LogP contribution is 2.16. The van der Waals surface area contributed by atoms with Gasteiger partial charge in [0.05, 0.1) is 6.42 Å². The average Bonchev–Trinajstić information content (AvgIpc) is 2.52. The molecule has 1 aromatic heterocycles. The molecule has 0 saturated carbocycles. The van der Waals surface area contributed by atoms with E-state index in [0.717, 1.165) is 0 Å². The third-order valence-electron chi connectivity index (χ3n) is 1.21. The molecule has 7 nitrogen and oxygen atoms in total. The molecular formula is C6H10N4O3S. The molecule has 0 atom stereocenters. The molecular weight excluding hydrogens is 208 g/mol. The summed E-state index contributed by atoms with van der Waals surface area (Å²) >= 11 is 1.29. The molecule has 0 spiro atoms. The van der Waals surface area contributed by atoms with Gasteiger partial charge in [0.25, 0.3) is 5.22 Å². The summed E-state index contributed by atoms with van der Waals surface area (Å²) in [6.45, 7) is 1.70. The Morgan fingerprint density at radius 2 is 2.50 bits per heavy atom. The number of aromatic nitrogens is 2. The molecule has 3 N–H and O–H groups in total. The molecule has 78 valence electrons. The highest BCUT2D eigenvalue weighted by atomic mass is 32.2. The van der Waals surface area contributed by atoms with E-state index in [1.165, 1.54) is 11.8 Å². The van der Waals surface area contributed by atoms with Crippen LogP contribution in [0.1, 0.15) is 12.3 Å². The van der Waals surface area contributed by atoms with Gasteiger partial charge < -0.3 is 9.25 Å². The number of hydrazine groups is 1. The maximum atomic E-state index is 10.8. The van der Waals surface area contributed by atoms with Gasteiger partial charge in [0.1, 0.15) is 0 Å². The first-order chi connectivity index (χ1) is 6.72. The van der Waals surface area contributed by atoms with E-state index in [4.69, 9.17) is 10.3 Å². The molecule has 8 heteroatoms. The van der Waals surface area contributed by atoms with E-state index in [-0.39, 0.29) is 6.42 Å². The molecule has 0 unspecified atom stereocenters. The van der Waals surface area contributed by atoms with Gasteiger partial charge >= 0.3 is 5.97 Å². The standard InChI is InChI=1S/C6H10N4O3S/c1-4-8-9-6(12-4)14-3-2-5(11)13-10-7/h10H,2-3,7H2,1H3. The van der Waals surface area contributed by atoms with Crippen LogP contribution in [0.5, 0.6) is 0 Å². The minimum absolute atomic E-state index is 0.219. The van der Waals surface area contributed by atoms with Crippen molar-refractivity contribution >= 4 is 17.7 Å². The van der Waals surface area contributed by atoms with Gasteiger partial charge in [0.2, 0.25) is 5.89 Å². The number of nitrogens with one attached hydrogen (secondary N) is 1. The number of hydrogen-bond donors (Lipinski definition) is 2. The number of carbonyl (C=O) groups excluding carboxylic acids is 1. The largest absolute Gasteiger partial charge is 0.416 e. The number of aryl methyl sites for hydroxylation is 1. The first kappa shape index (κ1) is 11.0. The third-order valence-corrected chi connectivity index (χ3v) is 2.03. The van der Waals surface area contributed by atoms with Crippen LogP contribution in [-0.4, -0.2) is 21.9 Å². The number of nitrogens with two attached hydrogens (primary N) is 1. The molecule has 0 fully saturated rings. The fourth-order valence-electron chi connectivity index (χ4n) is 0.675. The Bertz CT molecular complexity index is 303. The molecule has 0 bridgehead atoms. The first-order valence-electron chi connectivity index (χ1n) is 3.80. The van der Waals surface area contributed by atoms with Crippen LogP contribution in [0, 0.1) is 6.92 Å². The van der Waals surface area contributed by atoms with Crippen LogP contribution in [0.25, 0.3) is 0 Å². The highest BCUT2D eigenvalue weighted by Gasteiger charge is 2.06. The van der Waals surface area contributed by atoms with Gasteiger partial charge in [-0.1, -0.05) is 17.4 Å². The van der Waals surface area contributed by atoms with Crippen molar-refractivity contribution < 1.29 is 14.0 Å². The molecule has 1 aromatic rings. The van der Waals surface area contributed by atoms with Crippen LogP contribution in [0.15, 0.2) is 9.64 Å². The predicted octanol–water partition coefficient (Wildman–Crippen LogP) is -0.218. The molecule has 14 heavy (non-hydrogen) atoms. The molecule has 0 aliphatic carbocycles. The van der Waals surface area contributed by atoms with Crippen LogP contribution in [0.2, 0.25) is 0 Å². The lowest BCUT2D eigenvalue weighted by atomic mass is 10.5. The smallest absolute Gasteiger partial charge is 0.327 e. The van der Waals surface area contributed by atoms with E-state index in [0.29, 0.717) is 16.9 Å². The van der Waals surface area contributed by atoms with E-state index in [1.807, 2.05) is 5.59 Å². The summed E-state index contributed by atoms with van der Waals surface area (Å²) in [6.07, 6.45) is 0.219. The number of carbonyl (C=O) groups is 1. The topological polar surface area (TPSA) is 103 Å². The average molecular weight is 218 g/mol. The minimum Gasteiger partial charge on any atom is -0.416 e. The fourth-order valence-corrected chi connectivity index (χ4v) is 1.40. The lowest BCUT2D eigenvalue weighted by Crippen LogP contribution is -2.26. The molecule has 0 radical (unpaired) electrons. The zero-order chi connectivity index (χ0) is 10.4. The summed E-state index contributed by atoms with van der Waals surface area (Å²) in [4.78, 5) is 15.1. The van der Waals surface area contributed by atoms with Crippen molar-refractivity contribution in [2.45, 2.75) is 18.6 Å². The van der Waals surface area contributed by atoms with Crippen molar-refractivity contribution in [1.82, 2.24) is 15.8 Å². The Morgan fingerprint density at radius 1 is 1.71 bits per heavy atom. The quantitative estimate of drug-likeness (QED) is 0.397. The molecule has 0 aromatic carbocycles. The van der Waals surface area contributed by atoms with Crippen molar-refractivity contribution in [3.63, 3.8) is 0 Å². The SMILES string of the molecule is Cc1nnc(SCCC(=O)ONN)o1. The van der Waals surface area contributed by atoms with E-state index >= 15 is 0 Å². The second-order valence-corrected chi connectivity index (χ2v) is 3.32. The number of nitrogens with zero attached hydrogens (tertiary/aromatic N) is 2. The van der Waals surface area contributed by atoms with E-state index in [2.05, 4.69) is 15.0 Å². The van der Waals surface area contributed by atoms with Crippen LogP contribution < -0.4 is 11.4 Å². The lowest BCUT2D eigenvalue weighted by molar-refractivity contribution is -0.150. The predicted molar refractivity (Wildman–Crippen MR) is 47.8 cm³/mol. The molecule has 1 rings (SSSR count). The Kier molecular flexibility index (Phi) is 4.36. The van der Waals surface area contributed by atoms with Gasteiger partial charge in [-0.05, 0) is 0 Å². The Labute approximate surface area is 84.3 Å². The molecule has 0 saturated heterocycles. The fraction of sp³-hybridized carbons (Fsp3) is 0.500. The number of rotatable bonds is 5. The van der Waals surface area contributed by atoms with Crippen molar-refractivity contribution in [2.24, 2.45) is 5.84 Å². The second kappa shape index (κ2) is 5.58. The van der Waals surface area contributed by atoms with Gasteiger partial charge in [-0.2, -0.15) is 0 Å². The van der Waals surface area contributed by atoms with Crippen molar-refractivity contribution in [1.29, 1.82) is 0 Å². The highest BCUT2D eigenvalue weighted by molar-refractivity contribution is 7.99. The van der Waals surface area contributed by atoms with Crippen molar-refractivity contribution in [3.05, 3.63) is 5.89 Å². The lowest BCUT2D eigenvalue weighted by Gasteiger charge is -1.98. The maximum Gasteiger partial charge on any atom is 0.327 e. The zero-order valence-electron chi connectivity index (χ0n) is 7.52. The van der Waals surface area contributed by atoms with Crippen LogP contribution in [-0.2, 0) is 9.63 Å². The molecule has 1 heterocycles. The van der Waals surface area contributed by atoms with Gasteiger partial charge in [-0.3, -0.25) is 4.79 Å². The minimum atomic E-state index is -0.434.